The second-order valence-corrected chi connectivity index (χ2v) is 7.56. The Kier molecular flexibility index (Phi) is 4.92. The van der Waals surface area contributed by atoms with Crippen molar-refractivity contribution in [3.05, 3.63) is 64.9 Å². The zero-order chi connectivity index (χ0) is 17.1. The van der Waals surface area contributed by atoms with Gasteiger partial charge in [0, 0.05) is 11.4 Å². The molecule has 1 aromatic carbocycles. The van der Waals surface area contributed by atoms with E-state index < -0.39 is 0 Å². The molecule has 1 aliphatic rings. The molecule has 1 atom stereocenters. The van der Waals surface area contributed by atoms with E-state index in [1.165, 1.54) is 5.56 Å². The van der Waals surface area contributed by atoms with Crippen molar-refractivity contribution in [3.8, 4) is 5.69 Å². The maximum Gasteiger partial charge on any atom is 0.138 e. The molecular formula is C19H22N4OS. The molecule has 1 aliphatic heterocycles. The first kappa shape index (κ1) is 16.4. The maximum atomic E-state index is 10.5. The fraction of sp³-hybridized carbons (Fsp3) is 0.368. The third-order valence-electron chi connectivity index (χ3n) is 4.94. The van der Waals surface area contributed by atoms with Crippen molar-refractivity contribution in [1.29, 1.82) is 0 Å². The number of aliphatic hydroxyl groups is 1. The normalized spacial score (nSPS) is 17.6. The van der Waals surface area contributed by atoms with Gasteiger partial charge in [0.1, 0.15) is 12.7 Å². The molecule has 6 heteroatoms. The van der Waals surface area contributed by atoms with Crippen LogP contribution in [0.5, 0.6) is 0 Å². The lowest BCUT2D eigenvalue weighted by Crippen LogP contribution is -2.35. The van der Waals surface area contributed by atoms with E-state index in [1.54, 1.807) is 28.7 Å². The van der Waals surface area contributed by atoms with E-state index in [1.807, 2.05) is 17.5 Å². The van der Waals surface area contributed by atoms with Crippen molar-refractivity contribution >= 4 is 11.3 Å². The lowest BCUT2D eigenvalue weighted by molar-refractivity contribution is 0.0591. The van der Waals surface area contributed by atoms with E-state index in [2.05, 4.69) is 39.2 Å². The van der Waals surface area contributed by atoms with Crippen LogP contribution in [-0.4, -0.2) is 37.9 Å². The summed E-state index contributed by atoms with van der Waals surface area (Å²) >= 11 is 1.65. The molecule has 1 fully saturated rings. The summed E-state index contributed by atoms with van der Waals surface area (Å²) in [6.45, 7) is 3.04. The minimum absolute atomic E-state index is 0.302. The molecule has 1 N–H and O–H groups in total. The molecule has 1 saturated heterocycles. The highest BCUT2D eigenvalue weighted by atomic mass is 32.1. The Morgan fingerprint density at radius 2 is 1.96 bits per heavy atom. The van der Waals surface area contributed by atoms with Gasteiger partial charge in [-0.2, -0.15) is 5.10 Å². The summed E-state index contributed by atoms with van der Waals surface area (Å²) in [6, 6.07) is 12.5. The number of benzene rings is 1. The number of aromatic nitrogens is 3. The third kappa shape index (κ3) is 3.81. The molecule has 25 heavy (non-hydrogen) atoms. The number of thiophene rings is 1. The molecule has 0 amide bonds. The first-order chi connectivity index (χ1) is 12.3. The van der Waals surface area contributed by atoms with Gasteiger partial charge >= 0.3 is 0 Å². The van der Waals surface area contributed by atoms with Crippen LogP contribution in [0.15, 0.2) is 54.4 Å². The predicted molar refractivity (Wildman–Crippen MR) is 98.6 cm³/mol. The van der Waals surface area contributed by atoms with Crippen LogP contribution in [0.25, 0.3) is 5.69 Å². The first-order valence-corrected chi connectivity index (χ1v) is 9.55. The van der Waals surface area contributed by atoms with Crippen LogP contribution in [0, 0.1) is 5.92 Å². The van der Waals surface area contributed by atoms with Crippen molar-refractivity contribution in [3.63, 3.8) is 0 Å². The summed E-state index contributed by atoms with van der Waals surface area (Å²) in [5.41, 5.74) is 2.33. The van der Waals surface area contributed by atoms with Crippen LogP contribution < -0.4 is 0 Å². The van der Waals surface area contributed by atoms with E-state index in [9.17, 15) is 5.11 Å². The van der Waals surface area contributed by atoms with Gasteiger partial charge < -0.3 is 5.11 Å². The number of hydrogen-bond donors (Lipinski definition) is 1. The minimum Gasteiger partial charge on any atom is -0.387 e. The number of likely N-dealkylation sites (tertiary alicyclic amines) is 1. The topological polar surface area (TPSA) is 54.2 Å². The fourth-order valence-electron chi connectivity index (χ4n) is 3.47. The summed E-state index contributed by atoms with van der Waals surface area (Å²) < 4.78 is 1.77. The summed E-state index contributed by atoms with van der Waals surface area (Å²) in [5, 5.41) is 16.7. The molecule has 4 rings (SSSR count). The highest BCUT2D eigenvalue weighted by Crippen LogP contribution is 2.33. The fourth-order valence-corrected chi connectivity index (χ4v) is 4.28. The third-order valence-corrected chi connectivity index (χ3v) is 5.88. The highest BCUT2D eigenvalue weighted by Gasteiger charge is 2.26. The van der Waals surface area contributed by atoms with Crippen molar-refractivity contribution < 1.29 is 5.11 Å². The summed E-state index contributed by atoms with van der Waals surface area (Å²) in [4.78, 5) is 7.55. The summed E-state index contributed by atoms with van der Waals surface area (Å²) in [6.07, 6.45) is 5.05. The summed E-state index contributed by atoms with van der Waals surface area (Å²) in [7, 11) is 0. The van der Waals surface area contributed by atoms with Crippen LogP contribution in [0.1, 0.15) is 29.4 Å². The van der Waals surface area contributed by atoms with E-state index >= 15 is 0 Å². The van der Waals surface area contributed by atoms with Gasteiger partial charge in [0.2, 0.25) is 0 Å². The van der Waals surface area contributed by atoms with Crippen LogP contribution in [0.2, 0.25) is 0 Å². The van der Waals surface area contributed by atoms with Gasteiger partial charge in [0.05, 0.1) is 11.8 Å². The van der Waals surface area contributed by atoms with Crippen molar-refractivity contribution in [2.75, 3.05) is 13.1 Å². The Hall–Kier alpha value is -2.02. The number of aliphatic hydroxyl groups excluding tert-OH is 1. The maximum absolute atomic E-state index is 10.5. The average molecular weight is 354 g/mol. The molecule has 0 aliphatic carbocycles. The largest absolute Gasteiger partial charge is 0.387 e. The van der Waals surface area contributed by atoms with E-state index in [0.29, 0.717) is 5.92 Å². The standard InChI is InChI=1S/C19H22N4OS/c24-19(18-2-1-11-25-18)16-7-9-22(10-8-16)12-15-3-5-17(6-4-15)23-14-20-13-21-23/h1-6,11,13-14,16,19,24H,7-10,12H2. The van der Waals surface area contributed by atoms with E-state index in [4.69, 9.17) is 0 Å². The van der Waals surface area contributed by atoms with Gasteiger partial charge in [0.25, 0.3) is 0 Å². The monoisotopic (exact) mass is 354 g/mol. The smallest absolute Gasteiger partial charge is 0.138 e. The predicted octanol–water partition coefficient (Wildman–Crippen LogP) is 3.27. The Labute approximate surface area is 151 Å². The SMILES string of the molecule is OC(c1cccs1)C1CCN(Cc2ccc(-n3cncn3)cc2)CC1. The molecular weight excluding hydrogens is 332 g/mol. The van der Waals surface area contributed by atoms with Crippen molar-refractivity contribution in [2.45, 2.75) is 25.5 Å². The molecule has 0 saturated carbocycles. The second kappa shape index (κ2) is 7.47. The lowest BCUT2D eigenvalue weighted by Gasteiger charge is -2.34. The molecule has 1 unspecified atom stereocenters. The second-order valence-electron chi connectivity index (χ2n) is 6.58. The van der Waals surface area contributed by atoms with E-state index in [-0.39, 0.29) is 6.10 Å². The Balaban J connectivity index is 1.31. The van der Waals surface area contributed by atoms with Crippen LogP contribution in [-0.2, 0) is 6.54 Å². The van der Waals surface area contributed by atoms with Crippen LogP contribution in [0.3, 0.4) is 0 Å². The summed E-state index contributed by atoms with van der Waals surface area (Å²) in [5.74, 6) is 0.379. The molecule has 3 heterocycles. The number of piperidine rings is 1. The molecule has 0 bridgehead atoms. The van der Waals surface area contributed by atoms with Crippen molar-refractivity contribution in [1.82, 2.24) is 19.7 Å². The minimum atomic E-state index is -0.302. The first-order valence-electron chi connectivity index (χ1n) is 8.67. The van der Waals surface area contributed by atoms with E-state index in [0.717, 1.165) is 43.0 Å². The number of rotatable bonds is 5. The number of hydrogen-bond acceptors (Lipinski definition) is 5. The highest BCUT2D eigenvalue weighted by molar-refractivity contribution is 7.10. The van der Waals surface area contributed by atoms with Gasteiger partial charge in [-0.05, 0) is 61.0 Å². The molecule has 2 aromatic heterocycles. The van der Waals surface area contributed by atoms with Gasteiger partial charge in [-0.25, -0.2) is 9.67 Å². The lowest BCUT2D eigenvalue weighted by atomic mass is 9.90. The van der Waals surface area contributed by atoms with Crippen LogP contribution in [0.4, 0.5) is 0 Å². The quantitative estimate of drug-likeness (QED) is 0.764. The number of nitrogens with zero attached hydrogens (tertiary/aromatic N) is 4. The molecule has 3 aromatic rings. The Bertz CT molecular complexity index is 762. The van der Waals surface area contributed by atoms with Gasteiger partial charge in [-0.15, -0.1) is 11.3 Å². The van der Waals surface area contributed by atoms with Crippen LogP contribution >= 0.6 is 11.3 Å². The molecule has 130 valence electrons. The Morgan fingerprint density at radius 3 is 2.60 bits per heavy atom. The molecule has 0 radical (unpaired) electrons. The molecule has 0 spiro atoms. The average Bonchev–Trinajstić information content (AvgIpc) is 3.36. The molecule has 5 nitrogen and oxygen atoms in total. The zero-order valence-corrected chi connectivity index (χ0v) is 14.8. The zero-order valence-electron chi connectivity index (χ0n) is 14.0. The van der Waals surface area contributed by atoms with Gasteiger partial charge in [0.15, 0.2) is 0 Å². The Morgan fingerprint density at radius 1 is 1.16 bits per heavy atom. The van der Waals surface area contributed by atoms with Crippen molar-refractivity contribution in [2.24, 2.45) is 5.92 Å². The van der Waals surface area contributed by atoms with Gasteiger partial charge in [-0.1, -0.05) is 18.2 Å². The van der Waals surface area contributed by atoms with Gasteiger partial charge in [-0.3, -0.25) is 4.90 Å².